The van der Waals surface area contributed by atoms with Gasteiger partial charge in [-0.05, 0) is 43.5 Å². The summed E-state index contributed by atoms with van der Waals surface area (Å²) in [7, 11) is -5.32. The Bertz CT molecular complexity index is 714. The lowest BCUT2D eigenvalue weighted by Crippen LogP contribution is -2.37. The van der Waals surface area contributed by atoms with E-state index in [-0.39, 0.29) is 10.6 Å². The molecule has 0 unspecified atom stereocenters. The number of ether oxygens (including phenoxy) is 1. The summed E-state index contributed by atoms with van der Waals surface area (Å²) in [5.41, 5.74) is 0.503. The number of benzene rings is 1. The molecule has 0 radical (unpaired) electrons. The van der Waals surface area contributed by atoms with Crippen molar-refractivity contribution in [3.05, 3.63) is 24.3 Å². The summed E-state index contributed by atoms with van der Waals surface area (Å²) in [6.07, 6.45) is 2.05. The fraction of sp³-hybridized carbons (Fsp3) is 0.571. The lowest BCUT2D eigenvalue weighted by atomic mass is 10.3. The SMILES string of the molecule is COCCCNS(=O)(=O)c1ccc(N2CCCCS2(=O)=O)cc1. The van der Waals surface area contributed by atoms with Gasteiger partial charge in [0.05, 0.1) is 16.3 Å². The van der Waals surface area contributed by atoms with E-state index in [1.165, 1.54) is 28.6 Å². The molecule has 0 atom stereocenters. The molecule has 23 heavy (non-hydrogen) atoms. The molecule has 1 aromatic rings. The quantitative estimate of drug-likeness (QED) is 0.729. The Balaban J connectivity index is 2.09. The van der Waals surface area contributed by atoms with Crippen molar-refractivity contribution in [3.8, 4) is 0 Å². The van der Waals surface area contributed by atoms with Gasteiger partial charge >= 0.3 is 0 Å². The largest absolute Gasteiger partial charge is 0.385 e. The lowest BCUT2D eigenvalue weighted by Gasteiger charge is -2.28. The molecule has 0 saturated carbocycles. The molecule has 1 fully saturated rings. The second kappa shape index (κ2) is 7.61. The summed E-state index contributed by atoms with van der Waals surface area (Å²) in [5, 5.41) is 0. The van der Waals surface area contributed by atoms with Crippen molar-refractivity contribution in [2.75, 3.05) is 36.9 Å². The highest BCUT2D eigenvalue weighted by Crippen LogP contribution is 2.24. The van der Waals surface area contributed by atoms with Crippen molar-refractivity contribution in [2.24, 2.45) is 0 Å². The Morgan fingerprint density at radius 3 is 2.52 bits per heavy atom. The van der Waals surface area contributed by atoms with Gasteiger partial charge in [0.15, 0.2) is 0 Å². The number of hydrogen-bond donors (Lipinski definition) is 1. The van der Waals surface area contributed by atoms with Gasteiger partial charge in [-0.3, -0.25) is 4.31 Å². The molecule has 0 bridgehead atoms. The molecule has 0 aromatic heterocycles. The minimum atomic E-state index is -3.59. The molecule has 0 amide bonds. The van der Waals surface area contributed by atoms with Gasteiger partial charge in [-0.15, -0.1) is 0 Å². The zero-order valence-electron chi connectivity index (χ0n) is 13.1. The maximum atomic E-state index is 12.1. The number of nitrogens with one attached hydrogen (secondary N) is 1. The number of sulfonamides is 2. The van der Waals surface area contributed by atoms with Crippen molar-refractivity contribution >= 4 is 25.7 Å². The number of anilines is 1. The molecular formula is C14H22N2O5S2. The predicted molar refractivity (Wildman–Crippen MR) is 88.5 cm³/mol. The van der Waals surface area contributed by atoms with Gasteiger partial charge in [-0.1, -0.05) is 0 Å². The van der Waals surface area contributed by atoms with Crippen LogP contribution in [0.2, 0.25) is 0 Å². The van der Waals surface area contributed by atoms with Crippen molar-refractivity contribution in [1.29, 1.82) is 0 Å². The molecule has 1 aliphatic rings. The van der Waals surface area contributed by atoms with Crippen LogP contribution in [0, 0.1) is 0 Å². The molecule has 1 aliphatic heterocycles. The van der Waals surface area contributed by atoms with Crippen LogP contribution in [0.3, 0.4) is 0 Å². The summed E-state index contributed by atoms with van der Waals surface area (Å²) in [6.45, 7) is 1.20. The average molecular weight is 362 g/mol. The normalized spacial score (nSPS) is 18.0. The van der Waals surface area contributed by atoms with Crippen LogP contribution in [0.5, 0.6) is 0 Å². The van der Waals surface area contributed by atoms with Gasteiger partial charge in [-0.25, -0.2) is 21.6 Å². The summed E-state index contributed by atoms with van der Waals surface area (Å²) in [6, 6.07) is 5.93. The Morgan fingerprint density at radius 1 is 1.22 bits per heavy atom. The highest BCUT2D eigenvalue weighted by Gasteiger charge is 2.26. The van der Waals surface area contributed by atoms with Crippen LogP contribution >= 0.6 is 0 Å². The van der Waals surface area contributed by atoms with Crippen LogP contribution in [-0.4, -0.2) is 49.4 Å². The molecule has 7 nitrogen and oxygen atoms in total. The Hall–Kier alpha value is -1.16. The van der Waals surface area contributed by atoms with Crippen LogP contribution in [0.1, 0.15) is 19.3 Å². The minimum Gasteiger partial charge on any atom is -0.385 e. The fourth-order valence-corrected chi connectivity index (χ4v) is 5.09. The van der Waals surface area contributed by atoms with E-state index >= 15 is 0 Å². The minimum absolute atomic E-state index is 0.119. The summed E-state index contributed by atoms with van der Waals surface area (Å²) < 4.78 is 57.1. The van der Waals surface area contributed by atoms with Crippen LogP contribution in [-0.2, 0) is 24.8 Å². The Labute approximate surface area is 137 Å². The van der Waals surface area contributed by atoms with E-state index in [0.29, 0.717) is 38.2 Å². The smallest absolute Gasteiger partial charge is 0.240 e. The van der Waals surface area contributed by atoms with Crippen molar-refractivity contribution < 1.29 is 21.6 Å². The Kier molecular flexibility index (Phi) is 6.01. The van der Waals surface area contributed by atoms with Crippen LogP contribution < -0.4 is 9.03 Å². The number of hydrogen-bond acceptors (Lipinski definition) is 5. The number of nitrogens with zero attached hydrogens (tertiary/aromatic N) is 1. The highest BCUT2D eigenvalue weighted by atomic mass is 32.2. The lowest BCUT2D eigenvalue weighted by molar-refractivity contribution is 0.196. The first kappa shape index (κ1) is 18.2. The molecule has 0 spiro atoms. The molecule has 2 rings (SSSR count). The van der Waals surface area contributed by atoms with Gasteiger partial charge in [0.25, 0.3) is 0 Å². The van der Waals surface area contributed by atoms with E-state index in [9.17, 15) is 16.8 Å². The fourth-order valence-electron chi connectivity index (χ4n) is 2.38. The first-order valence-corrected chi connectivity index (χ1v) is 10.6. The average Bonchev–Trinajstić information content (AvgIpc) is 2.51. The van der Waals surface area contributed by atoms with Gasteiger partial charge in [0.2, 0.25) is 20.0 Å². The summed E-state index contributed by atoms with van der Waals surface area (Å²) in [5.74, 6) is 0.133. The third kappa shape index (κ3) is 4.66. The zero-order valence-corrected chi connectivity index (χ0v) is 14.7. The standard InChI is InChI=1S/C14H22N2O5S2/c1-21-11-4-9-15-23(19,20)14-7-5-13(6-8-14)16-10-2-3-12-22(16,17)18/h5-8,15H,2-4,9-12H2,1H3. The van der Waals surface area contributed by atoms with E-state index in [2.05, 4.69) is 4.72 Å². The van der Waals surface area contributed by atoms with Crippen LogP contribution in [0.25, 0.3) is 0 Å². The molecule has 9 heteroatoms. The van der Waals surface area contributed by atoms with Gasteiger partial charge in [-0.2, -0.15) is 0 Å². The molecule has 1 saturated heterocycles. The number of methoxy groups -OCH3 is 1. The molecule has 1 N–H and O–H groups in total. The van der Waals surface area contributed by atoms with Crippen molar-refractivity contribution in [2.45, 2.75) is 24.2 Å². The molecule has 0 aliphatic carbocycles. The zero-order chi connectivity index (χ0) is 16.9. The first-order chi connectivity index (χ1) is 10.9. The third-order valence-corrected chi connectivity index (χ3v) is 6.95. The molecule has 1 heterocycles. The summed E-state index contributed by atoms with van der Waals surface area (Å²) >= 11 is 0. The van der Waals surface area contributed by atoms with Gasteiger partial charge < -0.3 is 4.74 Å². The number of rotatable bonds is 7. The van der Waals surface area contributed by atoms with Crippen molar-refractivity contribution in [3.63, 3.8) is 0 Å². The second-order valence-corrected chi connectivity index (χ2v) is 9.11. The van der Waals surface area contributed by atoms with E-state index in [0.717, 1.165) is 6.42 Å². The van der Waals surface area contributed by atoms with E-state index in [1.807, 2.05) is 0 Å². The van der Waals surface area contributed by atoms with Crippen LogP contribution in [0.15, 0.2) is 29.2 Å². The molecule has 1 aromatic carbocycles. The maximum Gasteiger partial charge on any atom is 0.240 e. The van der Waals surface area contributed by atoms with E-state index in [4.69, 9.17) is 4.74 Å². The monoisotopic (exact) mass is 362 g/mol. The highest BCUT2D eigenvalue weighted by molar-refractivity contribution is 7.92. The first-order valence-electron chi connectivity index (χ1n) is 7.46. The molecular weight excluding hydrogens is 340 g/mol. The Morgan fingerprint density at radius 2 is 1.91 bits per heavy atom. The van der Waals surface area contributed by atoms with Crippen LogP contribution in [0.4, 0.5) is 5.69 Å². The van der Waals surface area contributed by atoms with Gasteiger partial charge in [0, 0.05) is 26.8 Å². The molecule has 130 valence electrons. The van der Waals surface area contributed by atoms with E-state index in [1.54, 1.807) is 7.11 Å². The topological polar surface area (TPSA) is 92.8 Å². The summed E-state index contributed by atoms with van der Waals surface area (Å²) in [4.78, 5) is 0.119. The van der Waals surface area contributed by atoms with E-state index < -0.39 is 20.0 Å². The third-order valence-electron chi connectivity index (χ3n) is 3.60. The van der Waals surface area contributed by atoms with Gasteiger partial charge in [0.1, 0.15) is 0 Å². The van der Waals surface area contributed by atoms with Crippen molar-refractivity contribution in [1.82, 2.24) is 4.72 Å². The second-order valence-electron chi connectivity index (χ2n) is 5.33. The predicted octanol–water partition coefficient (Wildman–Crippen LogP) is 0.931. The maximum absolute atomic E-state index is 12.1.